The minimum Gasteiger partial charge on any atom is -0.489 e. The number of aryl methyl sites for hydroxylation is 2. The van der Waals surface area contributed by atoms with E-state index in [1.807, 2.05) is 0 Å². The fourth-order valence-electron chi connectivity index (χ4n) is 3.72. The van der Waals surface area contributed by atoms with Crippen molar-refractivity contribution in [1.82, 2.24) is 0 Å². The fraction of sp³-hybridized carbons (Fsp3) is 0.111. The highest BCUT2D eigenvalue weighted by molar-refractivity contribution is 5.88. The third kappa shape index (κ3) is 4.75. The first-order chi connectivity index (χ1) is 15.9. The van der Waals surface area contributed by atoms with Crippen molar-refractivity contribution in [3.63, 3.8) is 0 Å². The fourth-order valence-corrected chi connectivity index (χ4v) is 3.72. The molecule has 0 aliphatic carbocycles. The lowest BCUT2D eigenvalue weighted by atomic mass is 9.96. The van der Waals surface area contributed by atoms with Gasteiger partial charge in [0.05, 0.1) is 5.56 Å². The Hall–Kier alpha value is -3.67. The lowest BCUT2D eigenvalue weighted by Gasteiger charge is -2.11. The van der Waals surface area contributed by atoms with Crippen molar-refractivity contribution in [3.05, 3.63) is 114 Å². The van der Waals surface area contributed by atoms with E-state index in [0.29, 0.717) is 28.3 Å². The Morgan fingerprint density at radius 1 is 0.727 bits per heavy atom. The van der Waals surface area contributed by atoms with Crippen molar-refractivity contribution >= 4 is 10.8 Å². The average molecular weight is 454 g/mol. The molecular weight excluding hydrogens is 435 g/mol. The number of benzene rings is 4. The Morgan fingerprint density at radius 2 is 1.48 bits per heavy atom. The Kier molecular flexibility index (Phi) is 6.45. The summed E-state index contributed by atoms with van der Waals surface area (Å²) in [6, 6.07) is 13.5. The monoisotopic (exact) mass is 454 g/mol. The summed E-state index contributed by atoms with van der Waals surface area (Å²) in [5, 5.41) is 0.778. The highest BCUT2D eigenvalue weighted by atomic mass is 19.2. The summed E-state index contributed by atoms with van der Waals surface area (Å²) < 4.78 is 76.0. The second kappa shape index (κ2) is 9.45. The number of fused-ring (bicyclic) bond motifs is 1. The molecule has 0 saturated heterocycles. The maximum absolute atomic E-state index is 15.1. The minimum atomic E-state index is -0.946. The molecule has 168 valence electrons. The molecular formula is C27H19F5O. The molecule has 0 aliphatic rings. The van der Waals surface area contributed by atoms with Gasteiger partial charge in [-0.1, -0.05) is 43.0 Å². The van der Waals surface area contributed by atoms with E-state index in [4.69, 9.17) is 4.74 Å². The number of halogens is 5. The van der Waals surface area contributed by atoms with Gasteiger partial charge in [-0.3, -0.25) is 0 Å². The van der Waals surface area contributed by atoms with Gasteiger partial charge in [0.15, 0.2) is 11.6 Å². The molecule has 0 unspecified atom stereocenters. The molecule has 0 atom stereocenters. The molecule has 33 heavy (non-hydrogen) atoms. The summed E-state index contributed by atoms with van der Waals surface area (Å²) >= 11 is 0. The van der Waals surface area contributed by atoms with Gasteiger partial charge in [0.1, 0.15) is 29.8 Å². The van der Waals surface area contributed by atoms with Crippen LogP contribution in [0.1, 0.15) is 11.1 Å². The largest absolute Gasteiger partial charge is 0.489 e. The second-order valence-electron chi connectivity index (χ2n) is 7.58. The number of rotatable bonds is 7. The summed E-state index contributed by atoms with van der Waals surface area (Å²) in [5.74, 6) is -3.88. The Bertz CT molecular complexity index is 1320. The van der Waals surface area contributed by atoms with Crippen molar-refractivity contribution in [2.24, 2.45) is 0 Å². The zero-order valence-corrected chi connectivity index (χ0v) is 17.5. The van der Waals surface area contributed by atoms with Crippen LogP contribution in [-0.4, -0.2) is 6.61 Å². The molecule has 4 aromatic rings. The van der Waals surface area contributed by atoms with Crippen molar-refractivity contribution in [2.45, 2.75) is 12.8 Å². The van der Waals surface area contributed by atoms with Crippen LogP contribution in [0.15, 0.2) is 73.3 Å². The molecule has 4 rings (SSSR count). The van der Waals surface area contributed by atoms with Crippen LogP contribution in [0.2, 0.25) is 0 Å². The predicted molar refractivity (Wildman–Crippen MR) is 119 cm³/mol. The summed E-state index contributed by atoms with van der Waals surface area (Å²) in [6.07, 6.45) is 2.08. The first kappa shape index (κ1) is 22.5. The van der Waals surface area contributed by atoms with Crippen LogP contribution in [0.3, 0.4) is 0 Å². The van der Waals surface area contributed by atoms with Crippen LogP contribution in [-0.2, 0) is 12.8 Å². The maximum atomic E-state index is 15.1. The van der Waals surface area contributed by atoms with Gasteiger partial charge in [-0.2, -0.15) is 0 Å². The Balaban J connectivity index is 1.61. The Labute approximate surface area is 187 Å². The van der Waals surface area contributed by atoms with E-state index in [-0.39, 0.29) is 29.9 Å². The van der Waals surface area contributed by atoms with Crippen LogP contribution in [0, 0.1) is 29.1 Å². The zero-order chi connectivity index (χ0) is 23.5. The molecule has 0 radical (unpaired) electrons. The van der Waals surface area contributed by atoms with E-state index in [2.05, 4.69) is 6.58 Å². The van der Waals surface area contributed by atoms with Gasteiger partial charge >= 0.3 is 0 Å². The van der Waals surface area contributed by atoms with Crippen molar-refractivity contribution in [1.29, 1.82) is 0 Å². The van der Waals surface area contributed by atoms with Gasteiger partial charge in [-0.15, -0.1) is 0 Å². The molecule has 0 amide bonds. The van der Waals surface area contributed by atoms with Crippen molar-refractivity contribution in [3.8, 4) is 16.9 Å². The van der Waals surface area contributed by atoms with Crippen LogP contribution in [0.25, 0.3) is 21.9 Å². The van der Waals surface area contributed by atoms with Crippen molar-refractivity contribution < 1.29 is 26.7 Å². The molecule has 4 aromatic carbocycles. The molecule has 0 aromatic heterocycles. The van der Waals surface area contributed by atoms with E-state index in [9.17, 15) is 17.6 Å². The lowest BCUT2D eigenvalue weighted by molar-refractivity contribution is 0.358. The van der Waals surface area contributed by atoms with Crippen LogP contribution >= 0.6 is 0 Å². The predicted octanol–water partition coefficient (Wildman–Crippen LogP) is 7.55. The summed E-state index contributed by atoms with van der Waals surface area (Å²) in [5.41, 5.74) is 0.989. The summed E-state index contributed by atoms with van der Waals surface area (Å²) in [6.45, 7) is 3.61. The third-order valence-electron chi connectivity index (χ3n) is 5.37. The molecule has 0 N–H and O–H groups in total. The first-order valence-corrected chi connectivity index (χ1v) is 10.3. The topological polar surface area (TPSA) is 9.23 Å². The molecule has 0 bridgehead atoms. The Morgan fingerprint density at radius 3 is 2.18 bits per heavy atom. The van der Waals surface area contributed by atoms with Gasteiger partial charge in [0.25, 0.3) is 0 Å². The first-order valence-electron chi connectivity index (χ1n) is 10.3. The number of hydrogen-bond donors (Lipinski definition) is 0. The van der Waals surface area contributed by atoms with Gasteiger partial charge in [-0.05, 0) is 53.1 Å². The standard InChI is InChI=1S/C27H19F5O/c1-2-11-33-20-14-24(30)26(25(31)15-20)19-8-9-21-18(13-19)7-6-17(27(21)32)5-3-16-4-10-22(28)23(29)12-16/h2,4,6-10,12-15H,1,3,5,11H2. The van der Waals surface area contributed by atoms with Crippen LogP contribution < -0.4 is 4.74 Å². The molecule has 1 nitrogen and oxygen atoms in total. The highest BCUT2D eigenvalue weighted by Crippen LogP contribution is 2.33. The number of ether oxygens (including phenoxy) is 1. The lowest BCUT2D eigenvalue weighted by Crippen LogP contribution is -1.98. The van der Waals surface area contributed by atoms with Gasteiger partial charge in [0, 0.05) is 17.5 Å². The second-order valence-corrected chi connectivity index (χ2v) is 7.58. The summed E-state index contributed by atoms with van der Waals surface area (Å²) in [7, 11) is 0. The summed E-state index contributed by atoms with van der Waals surface area (Å²) in [4.78, 5) is 0. The quantitative estimate of drug-likeness (QED) is 0.207. The minimum absolute atomic E-state index is 0.0474. The molecule has 0 saturated carbocycles. The third-order valence-corrected chi connectivity index (χ3v) is 5.37. The van der Waals surface area contributed by atoms with E-state index in [1.165, 1.54) is 30.3 Å². The average Bonchev–Trinajstić information content (AvgIpc) is 2.79. The maximum Gasteiger partial charge on any atom is 0.159 e. The van der Waals surface area contributed by atoms with E-state index in [1.54, 1.807) is 12.1 Å². The van der Waals surface area contributed by atoms with Crippen molar-refractivity contribution in [2.75, 3.05) is 6.61 Å². The van der Waals surface area contributed by atoms with Crippen LogP contribution in [0.4, 0.5) is 22.0 Å². The zero-order valence-electron chi connectivity index (χ0n) is 17.5. The van der Waals surface area contributed by atoms with E-state index in [0.717, 1.165) is 24.3 Å². The van der Waals surface area contributed by atoms with Gasteiger partial charge in [-0.25, -0.2) is 22.0 Å². The molecule has 0 spiro atoms. The highest BCUT2D eigenvalue weighted by Gasteiger charge is 2.16. The molecule has 0 fully saturated rings. The normalized spacial score (nSPS) is 11.1. The van der Waals surface area contributed by atoms with Crippen LogP contribution in [0.5, 0.6) is 5.75 Å². The molecule has 6 heteroatoms. The molecule has 0 heterocycles. The van der Waals surface area contributed by atoms with Gasteiger partial charge in [0.2, 0.25) is 0 Å². The van der Waals surface area contributed by atoms with E-state index < -0.39 is 29.1 Å². The van der Waals surface area contributed by atoms with Gasteiger partial charge < -0.3 is 4.74 Å². The molecule has 0 aliphatic heterocycles. The number of hydrogen-bond acceptors (Lipinski definition) is 1. The van der Waals surface area contributed by atoms with E-state index >= 15 is 4.39 Å². The SMILES string of the molecule is C=CCOc1cc(F)c(-c2ccc3c(F)c(CCc4ccc(F)c(F)c4)ccc3c2)c(F)c1. The smallest absolute Gasteiger partial charge is 0.159 e.